The first-order chi connectivity index (χ1) is 13.2. The summed E-state index contributed by atoms with van der Waals surface area (Å²) in [5.41, 5.74) is 4.97. The van der Waals surface area contributed by atoms with Crippen molar-refractivity contribution in [2.24, 2.45) is 0 Å². The molecule has 1 unspecified atom stereocenters. The van der Waals surface area contributed by atoms with Crippen LogP contribution in [0.3, 0.4) is 0 Å². The lowest BCUT2D eigenvalue weighted by Crippen LogP contribution is -2.31. The number of hydrogen-bond acceptors (Lipinski definition) is 3. The maximum absolute atomic E-state index is 11.7. The number of carbonyl (C=O) groups is 1. The molecule has 0 spiro atoms. The zero-order valence-corrected chi connectivity index (χ0v) is 15.7. The summed E-state index contributed by atoms with van der Waals surface area (Å²) in [6.07, 6.45) is 8.52. The third-order valence-electron chi connectivity index (χ3n) is 4.59. The van der Waals surface area contributed by atoms with Crippen LogP contribution >= 0.6 is 0 Å². The lowest BCUT2D eigenvalue weighted by atomic mass is 9.98. The fourth-order valence-electron chi connectivity index (χ4n) is 3.16. The summed E-state index contributed by atoms with van der Waals surface area (Å²) in [4.78, 5) is 23.9. The molecule has 2 heterocycles. The average Bonchev–Trinajstić information content (AvgIpc) is 3.16. The molecule has 3 rings (SSSR count). The number of nitrogens with zero attached hydrogens (tertiary/aromatic N) is 2. The van der Waals surface area contributed by atoms with Gasteiger partial charge in [0.1, 0.15) is 12.0 Å². The highest BCUT2D eigenvalue weighted by Gasteiger charge is 2.16. The number of aromatic nitrogens is 3. The first kappa shape index (κ1) is 18.6. The number of benzene rings is 1. The van der Waals surface area contributed by atoms with Crippen LogP contribution in [0.5, 0.6) is 0 Å². The second-order valence-electron chi connectivity index (χ2n) is 6.29. The molecule has 0 saturated carbocycles. The summed E-state index contributed by atoms with van der Waals surface area (Å²) in [6, 6.07) is 10.1. The summed E-state index contributed by atoms with van der Waals surface area (Å²) < 4.78 is 0. The van der Waals surface area contributed by atoms with Crippen molar-refractivity contribution >= 4 is 22.5 Å². The van der Waals surface area contributed by atoms with Gasteiger partial charge in [0, 0.05) is 17.8 Å². The van der Waals surface area contributed by atoms with E-state index in [-0.39, 0.29) is 11.9 Å². The molecule has 2 aromatic heterocycles. The lowest BCUT2D eigenvalue weighted by Gasteiger charge is -2.15. The average molecular weight is 360 g/mol. The summed E-state index contributed by atoms with van der Waals surface area (Å²) in [5.74, 6) is -0.173. The third kappa shape index (κ3) is 3.97. The summed E-state index contributed by atoms with van der Waals surface area (Å²) >= 11 is 0. The van der Waals surface area contributed by atoms with Crippen LogP contribution in [0.2, 0.25) is 0 Å². The minimum atomic E-state index is -0.173. The van der Waals surface area contributed by atoms with Gasteiger partial charge in [-0.2, -0.15) is 0 Å². The Morgan fingerprint density at radius 2 is 2.04 bits per heavy atom. The molecular weight excluding hydrogens is 336 g/mol. The van der Waals surface area contributed by atoms with E-state index in [1.54, 1.807) is 6.33 Å². The monoisotopic (exact) mass is 360 g/mol. The lowest BCUT2D eigenvalue weighted by molar-refractivity contribution is -0.116. The third-order valence-corrected chi connectivity index (χ3v) is 4.59. The molecule has 138 valence electrons. The van der Waals surface area contributed by atoms with Gasteiger partial charge < -0.3 is 10.3 Å². The molecule has 3 aromatic rings. The molecule has 0 bridgehead atoms. The predicted octanol–water partition coefficient (Wildman–Crippen LogP) is 4.50. The van der Waals surface area contributed by atoms with Gasteiger partial charge in [0.2, 0.25) is 5.91 Å². The summed E-state index contributed by atoms with van der Waals surface area (Å²) in [7, 11) is 0. The molecule has 0 aliphatic rings. The molecule has 0 radical (unpaired) electrons. The van der Waals surface area contributed by atoms with E-state index in [0.717, 1.165) is 46.3 Å². The molecule has 5 heteroatoms. The second kappa shape index (κ2) is 8.45. The van der Waals surface area contributed by atoms with E-state index in [4.69, 9.17) is 0 Å². The number of hydrogen-bond donors (Lipinski definition) is 2. The SMILES string of the molecule is C=CC(=O)NC(/C=C(\CC)c1ncnc2[nH]cc(-c3ccccc3)c12)CC. The number of aromatic amines is 1. The van der Waals surface area contributed by atoms with E-state index >= 15 is 0 Å². The number of carbonyl (C=O) groups excluding carboxylic acids is 1. The Bertz CT molecular complexity index is 972. The molecule has 1 amide bonds. The van der Waals surface area contributed by atoms with Gasteiger partial charge in [0.25, 0.3) is 0 Å². The molecule has 5 nitrogen and oxygen atoms in total. The largest absolute Gasteiger partial charge is 0.346 e. The summed E-state index contributed by atoms with van der Waals surface area (Å²) in [5, 5.41) is 3.96. The van der Waals surface area contributed by atoms with E-state index in [9.17, 15) is 4.79 Å². The van der Waals surface area contributed by atoms with Crippen LogP contribution in [0.15, 0.2) is 61.6 Å². The van der Waals surface area contributed by atoms with Crippen LogP contribution in [0.1, 0.15) is 32.4 Å². The van der Waals surface area contributed by atoms with Crippen LogP contribution in [-0.4, -0.2) is 26.9 Å². The van der Waals surface area contributed by atoms with E-state index in [2.05, 4.69) is 52.0 Å². The second-order valence-corrected chi connectivity index (χ2v) is 6.29. The van der Waals surface area contributed by atoms with Gasteiger partial charge in [0.05, 0.1) is 11.1 Å². The van der Waals surface area contributed by atoms with Crippen molar-refractivity contribution in [3.63, 3.8) is 0 Å². The molecule has 1 atom stereocenters. The van der Waals surface area contributed by atoms with Gasteiger partial charge in [0.15, 0.2) is 0 Å². The van der Waals surface area contributed by atoms with Gasteiger partial charge in [-0.05, 0) is 30.1 Å². The van der Waals surface area contributed by atoms with Crippen LogP contribution < -0.4 is 5.32 Å². The van der Waals surface area contributed by atoms with Crippen molar-refractivity contribution < 1.29 is 4.79 Å². The number of H-pyrrole nitrogens is 1. The van der Waals surface area contributed by atoms with Crippen molar-refractivity contribution in [2.45, 2.75) is 32.7 Å². The standard InChI is InChI=1S/C22H24N4O/c1-4-15(12-17(5-2)26-19(27)6-3)21-20-18(16-10-8-7-9-11-16)13-23-22(20)25-14-24-21/h6-14,17H,3-5H2,1-2H3,(H,26,27)(H,23,24,25)/b15-12+. The van der Waals surface area contributed by atoms with Gasteiger partial charge in [-0.25, -0.2) is 9.97 Å². The number of amides is 1. The molecule has 0 aliphatic carbocycles. The molecule has 1 aromatic carbocycles. The molecule has 0 fully saturated rings. The van der Waals surface area contributed by atoms with Crippen LogP contribution in [0.25, 0.3) is 27.7 Å². The van der Waals surface area contributed by atoms with Gasteiger partial charge in [-0.1, -0.05) is 56.8 Å². The molecule has 2 N–H and O–H groups in total. The molecule has 27 heavy (non-hydrogen) atoms. The Morgan fingerprint density at radius 3 is 2.70 bits per heavy atom. The Kier molecular flexibility index (Phi) is 5.81. The highest BCUT2D eigenvalue weighted by Crippen LogP contribution is 2.33. The normalized spacial score (nSPS) is 12.7. The molecule has 0 aliphatic heterocycles. The smallest absolute Gasteiger partial charge is 0.243 e. The zero-order chi connectivity index (χ0) is 19.2. The van der Waals surface area contributed by atoms with E-state index in [0.29, 0.717) is 0 Å². The highest BCUT2D eigenvalue weighted by molar-refractivity contribution is 6.00. The first-order valence-corrected chi connectivity index (χ1v) is 9.19. The van der Waals surface area contributed by atoms with Crippen molar-refractivity contribution in [3.05, 3.63) is 67.3 Å². The molecular formula is C22H24N4O. The quantitative estimate of drug-likeness (QED) is 0.610. The van der Waals surface area contributed by atoms with Gasteiger partial charge in [-0.15, -0.1) is 0 Å². The first-order valence-electron chi connectivity index (χ1n) is 9.19. The van der Waals surface area contributed by atoms with Crippen molar-refractivity contribution in [3.8, 4) is 11.1 Å². The Hall–Kier alpha value is -3.21. The number of allylic oxidation sites excluding steroid dienone is 1. The van der Waals surface area contributed by atoms with E-state index < -0.39 is 0 Å². The van der Waals surface area contributed by atoms with Gasteiger partial charge in [-0.3, -0.25) is 4.79 Å². The maximum Gasteiger partial charge on any atom is 0.243 e. The molecule has 0 saturated heterocycles. The minimum Gasteiger partial charge on any atom is -0.346 e. The number of nitrogens with one attached hydrogen (secondary N) is 2. The number of fused-ring (bicyclic) bond motifs is 1. The highest BCUT2D eigenvalue weighted by atomic mass is 16.1. The zero-order valence-electron chi connectivity index (χ0n) is 15.7. The topological polar surface area (TPSA) is 70.7 Å². The van der Waals surface area contributed by atoms with Crippen LogP contribution in [0, 0.1) is 0 Å². The fourth-order valence-corrected chi connectivity index (χ4v) is 3.16. The van der Waals surface area contributed by atoms with E-state index in [1.807, 2.05) is 31.3 Å². The Morgan fingerprint density at radius 1 is 1.26 bits per heavy atom. The van der Waals surface area contributed by atoms with Crippen LogP contribution in [0.4, 0.5) is 0 Å². The van der Waals surface area contributed by atoms with Gasteiger partial charge >= 0.3 is 0 Å². The van der Waals surface area contributed by atoms with Crippen molar-refractivity contribution in [1.82, 2.24) is 20.3 Å². The Balaban J connectivity index is 2.11. The van der Waals surface area contributed by atoms with Crippen LogP contribution in [-0.2, 0) is 4.79 Å². The van der Waals surface area contributed by atoms with E-state index in [1.165, 1.54) is 6.08 Å². The maximum atomic E-state index is 11.7. The van der Waals surface area contributed by atoms with Crippen molar-refractivity contribution in [2.75, 3.05) is 0 Å². The van der Waals surface area contributed by atoms with Crippen molar-refractivity contribution in [1.29, 1.82) is 0 Å². The minimum absolute atomic E-state index is 0.0745. The number of rotatable bonds is 7. The fraction of sp³-hybridized carbons (Fsp3) is 0.227. The predicted molar refractivity (Wildman–Crippen MR) is 110 cm³/mol. The summed E-state index contributed by atoms with van der Waals surface area (Å²) in [6.45, 7) is 7.66. The Labute approximate surface area is 159 Å².